The van der Waals surface area contributed by atoms with E-state index in [0.717, 1.165) is 6.07 Å². The molecule has 0 unspecified atom stereocenters. The maximum absolute atomic E-state index is 12.3. The predicted octanol–water partition coefficient (Wildman–Crippen LogP) is 2.30. The van der Waals surface area contributed by atoms with Crippen molar-refractivity contribution in [1.82, 2.24) is 4.98 Å². The van der Waals surface area contributed by atoms with Crippen molar-refractivity contribution in [3.63, 3.8) is 0 Å². The maximum Gasteiger partial charge on any atom is 0.418 e. The van der Waals surface area contributed by atoms with Gasteiger partial charge in [0.1, 0.15) is 0 Å². The minimum atomic E-state index is -4.40. The summed E-state index contributed by atoms with van der Waals surface area (Å²) in [5.41, 5.74) is 4.69. The van der Waals surface area contributed by atoms with Gasteiger partial charge in [-0.2, -0.15) is 13.2 Å². The van der Waals surface area contributed by atoms with E-state index < -0.39 is 11.7 Å². The zero-order valence-electron chi connectivity index (χ0n) is 7.24. The Kier molecular flexibility index (Phi) is 2.19. The van der Waals surface area contributed by atoms with Gasteiger partial charge >= 0.3 is 6.18 Å². The van der Waals surface area contributed by atoms with Gasteiger partial charge in [0.25, 0.3) is 0 Å². The van der Waals surface area contributed by atoms with Crippen LogP contribution in [-0.2, 0) is 6.18 Å². The molecule has 0 aliphatic heterocycles. The van der Waals surface area contributed by atoms with Crippen LogP contribution < -0.4 is 5.73 Å². The summed E-state index contributed by atoms with van der Waals surface area (Å²) in [5.74, 6) is 0. The molecule has 0 bridgehead atoms. The van der Waals surface area contributed by atoms with Crippen molar-refractivity contribution >= 4 is 5.69 Å². The van der Waals surface area contributed by atoms with Crippen molar-refractivity contribution < 1.29 is 13.2 Å². The predicted molar refractivity (Wildman–Crippen MR) is 43.1 cm³/mol. The smallest absolute Gasteiger partial charge is 0.397 e. The van der Waals surface area contributed by atoms with Crippen LogP contribution in [-0.4, -0.2) is 4.98 Å². The highest BCUT2D eigenvalue weighted by molar-refractivity contribution is 5.52. The molecule has 0 aliphatic carbocycles. The number of hydrogen-bond acceptors (Lipinski definition) is 2. The fraction of sp³-hybridized carbons (Fsp3) is 0.375. The van der Waals surface area contributed by atoms with E-state index in [1.807, 2.05) is 0 Å². The van der Waals surface area contributed by atoms with Crippen molar-refractivity contribution in [1.29, 1.82) is 0 Å². The first kappa shape index (κ1) is 9.83. The van der Waals surface area contributed by atoms with Gasteiger partial charge in [-0.3, -0.25) is 4.98 Å². The summed E-state index contributed by atoms with van der Waals surface area (Å²) in [5, 5.41) is 0. The first-order valence-corrected chi connectivity index (χ1v) is 3.63. The minimum Gasteiger partial charge on any atom is -0.397 e. The number of nitrogen functional groups attached to an aromatic ring is 1. The van der Waals surface area contributed by atoms with Crippen LogP contribution in [0.2, 0.25) is 0 Å². The van der Waals surface area contributed by atoms with Crippen LogP contribution >= 0.6 is 0 Å². The Labute approximate surface area is 73.6 Å². The molecule has 2 nitrogen and oxygen atoms in total. The molecule has 1 heterocycles. The van der Waals surface area contributed by atoms with Crippen LogP contribution in [0.4, 0.5) is 18.9 Å². The van der Waals surface area contributed by atoms with E-state index in [9.17, 15) is 13.2 Å². The second-order valence-corrected chi connectivity index (χ2v) is 2.81. The molecule has 13 heavy (non-hydrogen) atoms. The number of halogens is 3. The summed E-state index contributed by atoms with van der Waals surface area (Å²) >= 11 is 0. The minimum absolute atomic E-state index is 0.215. The van der Waals surface area contributed by atoms with Crippen LogP contribution in [0, 0.1) is 13.8 Å². The molecule has 5 heteroatoms. The average Bonchev–Trinajstić information content (AvgIpc) is 1.94. The molecule has 0 radical (unpaired) electrons. The summed E-state index contributed by atoms with van der Waals surface area (Å²) in [6.45, 7) is 2.96. The lowest BCUT2D eigenvalue weighted by atomic mass is 10.1. The van der Waals surface area contributed by atoms with E-state index in [2.05, 4.69) is 4.98 Å². The van der Waals surface area contributed by atoms with Gasteiger partial charge in [0.2, 0.25) is 0 Å². The zero-order chi connectivity index (χ0) is 10.2. The number of alkyl halides is 3. The monoisotopic (exact) mass is 190 g/mol. The third-order valence-corrected chi connectivity index (χ3v) is 1.68. The van der Waals surface area contributed by atoms with Gasteiger partial charge in [-0.25, -0.2) is 0 Å². The van der Waals surface area contributed by atoms with E-state index in [1.165, 1.54) is 13.8 Å². The normalized spacial score (nSPS) is 11.8. The molecule has 0 aromatic carbocycles. The van der Waals surface area contributed by atoms with Gasteiger partial charge in [-0.1, -0.05) is 0 Å². The second kappa shape index (κ2) is 2.90. The van der Waals surface area contributed by atoms with Crippen molar-refractivity contribution in [2.75, 3.05) is 5.73 Å². The Hall–Kier alpha value is -1.26. The SMILES string of the molecule is Cc1cc(C(F)(F)F)c(N)c(C)n1. The quantitative estimate of drug-likeness (QED) is 0.681. The van der Waals surface area contributed by atoms with Gasteiger partial charge in [0.05, 0.1) is 16.9 Å². The van der Waals surface area contributed by atoms with Crippen LogP contribution in [0.1, 0.15) is 17.0 Å². The molecule has 0 fully saturated rings. The molecule has 1 rings (SSSR count). The Bertz CT molecular complexity index is 331. The molecular formula is C8H9F3N2. The molecule has 0 atom stereocenters. The number of pyridine rings is 1. The molecule has 0 spiro atoms. The fourth-order valence-corrected chi connectivity index (χ4v) is 1.07. The van der Waals surface area contributed by atoms with Gasteiger partial charge in [-0.05, 0) is 19.9 Å². The maximum atomic E-state index is 12.3. The molecule has 2 N–H and O–H groups in total. The van der Waals surface area contributed by atoms with Gasteiger partial charge in [0, 0.05) is 5.69 Å². The number of rotatable bonds is 0. The molecule has 1 aromatic rings. The number of anilines is 1. The van der Waals surface area contributed by atoms with Crippen molar-refractivity contribution in [3.05, 3.63) is 23.0 Å². The largest absolute Gasteiger partial charge is 0.418 e. The molecule has 0 aliphatic rings. The van der Waals surface area contributed by atoms with Gasteiger partial charge < -0.3 is 5.73 Å². The van der Waals surface area contributed by atoms with Crippen LogP contribution in [0.3, 0.4) is 0 Å². The van der Waals surface area contributed by atoms with E-state index in [1.54, 1.807) is 0 Å². The Morgan fingerprint density at radius 2 is 1.85 bits per heavy atom. The summed E-state index contributed by atoms with van der Waals surface area (Å²) < 4.78 is 36.9. The molecule has 0 amide bonds. The standard InChI is InChI=1S/C8H9F3N2/c1-4-3-6(8(9,10)11)7(12)5(2)13-4/h3H,12H2,1-2H3. The third kappa shape index (κ3) is 1.91. The third-order valence-electron chi connectivity index (χ3n) is 1.68. The van der Waals surface area contributed by atoms with Gasteiger partial charge in [-0.15, -0.1) is 0 Å². The molecule has 72 valence electrons. The van der Waals surface area contributed by atoms with E-state index >= 15 is 0 Å². The lowest BCUT2D eigenvalue weighted by Crippen LogP contribution is -2.11. The van der Waals surface area contributed by atoms with E-state index in [0.29, 0.717) is 5.69 Å². The number of hydrogen-bond donors (Lipinski definition) is 1. The highest BCUT2D eigenvalue weighted by atomic mass is 19.4. The average molecular weight is 190 g/mol. The van der Waals surface area contributed by atoms with Crippen LogP contribution in [0.15, 0.2) is 6.07 Å². The van der Waals surface area contributed by atoms with E-state index in [-0.39, 0.29) is 11.4 Å². The molecule has 1 aromatic heterocycles. The first-order chi connectivity index (χ1) is 5.82. The fourth-order valence-electron chi connectivity index (χ4n) is 1.07. The number of nitrogens with zero attached hydrogens (tertiary/aromatic N) is 1. The van der Waals surface area contributed by atoms with Crippen LogP contribution in [0.25, 0.3) is 0 Å². The molecular weight excluding hydrogens is 181 g/mol. The highest BCUT2D eigenvalue weighted by Crippen LogP contribution is 2.34. The Balaban J connectivity index is 3.37. The molecule has 0 saturated heterocycles. The number of aryl methyl sites for hydroxylation is 2. The number of aromatic nitrogens is 1. The summed E-state index contributed by atoms with van der Waals surface area (Å²) in [6, 6.07) is 0.947. The van der Waals surface area contributed by atoms with E-state index in [4.69, 9.17) is 5.73 Å². The summed E-state index contributed by atoms with van der Waals surface area (Å²) in [6.07, 6.45) is -4.40. The van der Waals surface area contributed by atoms with Gasteiger partial charge in [0.15, 0.2) is 0 Å². The van der Waals surface area contributed by atoms with Crippen LogP contribution in [0.5, 0.6) is 0 Å². The Morgan fingerprint density at radius 1 is 1.31 bits per heavy atom. The zero-order valence-corrected chi connectivity index (χ0v) is 7.24. The lowest BCUT2D eigenvalue weighted by molar-refractivity contribution is -0.137. The first-order valence-electron chi connectivity index (χ1n) is 3.63. The topological polar surface area (TPSA) is 38.9 Å². The molecule has 0 saturated carbocycles. The van der Waals surface area contributed by atoms with Crippen molar-refractivity contribution in [3.8, 4) is 0 Å². The summed E-state index contributed by atoms with van der Waals surface area (Å²) in [4.78, 5) is 3.82. The lowest BCUT2D eigenvalue weighted by Gasteiger charge is -2.11. The van der Waals surface area contributed by atoms with Crippen molar-refractivity contribution in [2.24, 2.45) is 0 Å². The number of nitrogens with two attached hydrogens (primary N) is 1. The van der Waals surface area contributed by atoms with Crippen molar-refractivity contribution in [2.45, 2.75) is 20.0 Å². The Morgan fingerprint density at radius 3 is 2.31 bits per heavy atom. The summed E-state index contributed by atoms with van der Waals surface area (Å²) in [7, 11) is 0. The highest BCUT2D eigenvalue weighted by Gasteiger charge is 2.33. The second-order valence-electron chi connectivity index (χ2n) is 2.81.